The predicted octanol–water partition coefficient (Wildman–Crippen LogP) is 3.58. The Kier molecular flexibility index (Phi) is 4.58. The standard InChI is InChI=1S/C22H19F2N3O3/c23-15-4-1-3-14-18(15)22(29)27(21(14)28)12-11-26-9-7-13(8-10-26)20-19-16(24)5-2-6-17(19)30-25-20/h1-6,13H,7-12H2. The smallest absolute Gasteiger partial charge is 0.264 e. The molecule has 2 aromatic carbocycles. The molecule has 0 bridgehead atoms. The highest BCUT2D eigenvalue weighted by Gasteiger charge is 2.38. The number of imide groups is 1. The molecule has 0 radical (unpaired) electrons. The van der Waals surface area contributed by atoms with Crippen LogP contribution < -0.4 is 0 Å². The van der Waals surface area contributed by atoms with E-state index in [2.05, 4.69) is 10.1 Å². The third-order valence-corrected chi connectivity index (χ3v) is 6.04. The molecule has 2 amide bonds. The Morgan fingerprint density at radius 2 is 1.70 bits per heavy atom. The van der Waals surface area contributed by atoms with E-state index in [1.165, 1.54) is 24.3 Å². The minimum absolute atomic E-state index is 0.0906. The van der Waals surface area contributed by atoms with Crippen LogP contribution in [0.2, 0.25) is 0 Å². The summed E-state index contributed by atoms with van der Waals surface area (Å²) in [7, 11) is 0. The van der Waals surface area contributed by atoms with Crippen LogP contribution in [0.5, 0.6) is 0 Å². The lowest BCUT2D eigenvalue weighted by molar-refractivity contribution is 0.0628. The maximum absolute atomic E-state index is 14.2. The zero-order valence-electron chi connectivity index (χ0n) is 16.1. The molecule has 1 fully saturated rings. The highest BCUT2D eigenvalue weighted by Crippen LogP contribution is 2.34. The van der Waals surface area contributed by atoms with Gasteiger partial charge in [-0.05, 0) is 50.2 Å². The number of nitrogens with zero attached hydrogens (tertiary/aromatic N) is 3. The summed E-state index contributed by atoms with van der Waals surface area (Å²) in [5.74, 6) is -1.93. The molecular weight excluding hydrogens is 392 g/mol. The van der Waals surface area contributed by atoms with Crippen molar-refractivity contribution >= 4 is 22.8 Å². The zero-order valence-corrected chi connectivity index (χ0v) is 16.1. The van der Waals surface area contributed by atoms with Crippen LogP contribution in [0.4, 0.5) is 8.78 Å². The van der Waals surface area contributed by atoms with E-state index in [1.54, 1.807) is 12.1 Å². The highest BCUT2D eigenvalue weighted by molar-refractivity contribution is 6.21. The fraction of sp³-hybridized carbons (Fsp3) is 0.318. The number of aromatic nitrogens is 1. The van der Waals surface area contributed by atoms with Crippen LogP contribution in [0.15, 0.2) is 40.9 Å². The van der Waals surface area contributed by atoms with Crippen molar-refractivity contribution < 1.29 is 22.9 Å². The second kappa shape index (κ2) is 7.28. The van der Waals surface area contributed by atoms with Gasteiger partial charge in [0.15, 0.2) is 5.58 Å². The third-order valence-electron chi connectivity index (χ3n) is 6.04. The number of piperidine rings is 1. The molecule has 3 heterocycles. The molecule has 1 aromatic heterocycles. The van der Waals surface area contributed by atoms with Crippen LogP contribution >= 0.6 is 0 Å². The molecule has 0 saturated carbocycles. The molecule has 1 saturated heterocycles. The quantitative estimate of drug-likeness (QED) is 0.614. The zero-order chi connectivity index (χ0) is 20.8. The first kappa shape index (κ1) is 18.9. The Hall–Kier alpha value is -3.13. The SMILES string of the molecule is O=C1c2cccc(F)c2C(=O)N1CCN1CCC(c2noc3cccc(F)c23)CC1. The molecule has 8 heteroatoms. The van der Waals surface area contributed by atoms with Gasteiger partial charge in [0.2, 0.25) is 0 Å². The summed E-state index contributed by atoms with van der Waals surface area (Å²) in [5, 5.41) is 4.55. The summed E-state index contributed by atoms with van der Waals surface area (Å²) < 4.78 is 33.4. The first-order valence-electron chi connectivity index (χ1n) is 9.95. The topological polar surface area (TPSA) is 66.7 Å². The average molecular weight is 411 g/mol. The maximum Gasteiger partial charge on any atom is 0.264 e. The minimum Gasteiger partial charge on any atom is -0.356 e. The number of fused-ring (bicyclic) bond motifs is 2. The Balaban J connectivity index is 1.22. The monoisotopic (exact) mass is 411 g/mol. The van der Waals surface area contributed by atoms with Crippen molar-refractivity contribution in [3.8, 4) is 0 Å². The normalized spacial score (nSPS) is 17.9. The average Bonchev–Trinajstić information content (AvgIpc) is 3.29. The van der Waals surface area contributed by atoms with Crippen molar-refractivity contribution in [1.82, 2.24) is 15.0 Å². The van der Waals surface area contributed by atoms with Crippen molar-refractivity contribution in [2.75, 3.05) is 26.2 Å². The van der Waals surface area contributed by atoms with Crippen LogP contribution in [-0.4, -0.2) is 52.9 Å². The summed E-state index contributed by atoms with van der Waals surface area (Å²) >= 11 is 0. The number of hydrogen-bond acceptors (Lipinski definition) is 5. The van der Waals surface area contributed by atoms with Gasteiger partial charge in [-0.3, -0.25) is 14.5 Å². The summed E-state index contributed by atoms with van der Waals surface area (Å²) in [6.45, 7) is 2.17. The molecule has 0 spiro atoms. The molecule has 154 valence electrons. The van der Waals surface area contributed by atoms with Gasteiger partial charge < -0.3 is 9.42 Å². The second-order valence-electron chi connectivity index (χ2n) is 7.72. The summed E-state index contributed by atoms with van der Waals surface area (Å²) in [6, 6.07) is 8.81. The van der Waals surface area contributed by atoms with E-state index >= 15 is 0 Å². The number of rotatable bonds is 4. The molecule has 0 aliphatic carbocycles. The largest absolute Gasteiger partial charge is 0.356 e. The first-order valence-corrected chi connectivity index (χ1v) is 9.95. The fourth-order valence-electron chi connectivity index (χ4n) is 4.42. The fourth-order valence-corrected chi connectivity index (χ4v) is 4.42. The first-order chi connectivity index (χ1) is 14.5. The van der Waals surface area contributed by atoms with Crippen molar-refractivity contribution in [3.63, 3.8) is 0 Å². The van der Waals surface area contributed by atoms with Gasteiger partial charge in [0.1, 0.15) is 11.6 Å². The maximum atomic E-state index is 14.2. The molecule has 6 nitrogen and oxygen atoms in total. The van der Waals surface area contributed by atoms with E-state index in [9.17, 15) is 18.4 Å². The van der Waals surface area contributed by atoms with Crippen molar-refractivity contribution in [1.29, 1.82) is 0 Å². The Labute approximate surface area is 171 Å². The molecule has 3 aromatic rings. The number of amides is 2. The molecule has 2 aliphatic heterocycles. The number of carbonyl (C=O) groups excluding carboxylic acids is 2. The predicted molar refractivity (Wildman–Crippen MR) is 104 cm³/mol. The summed E-state index contributed by atoms with van der Waals surface area (Å²) in [5.41, 5.74) is 1.09. The lowest BCUT2D eigenvalue weighted by Gasteiger charge is -2.32. The van der Waals surface area contributed by atoms with Gasteiger partial charge in [-0.1, -0.05) is 17.3 Å². The minimum atomic E-state index is -0.666. The van der Waals surface area contributed by atoms with Gasteiger partial charge in [0, 0.05) is 19.0 Å². The van der Waals surface area contributed by atoms with Crippen molar-refractivity contribution in [2.45, 2.75) is 18.8 Å². The second-order valence-corrected chi connectivity index (χ2v) is 7.72. The van der Waals surface area contributed by atoms with E-state index < -0.39 is 17.6 Å². The van der Waals surface area contributed by atoms with Crippen molar-refractivity contribution in [3.05, 3.63) is 64.9 Å². The summed E-state index contributed by atoms with van der Waals surface area (Å²) in [6.07, 6.45) is 1.54. The lowest BCUT2D eigenvalue weighted by Crippen LogP contribution is -2.41. The molecule has 5 rings (SSSR count). The Bertz CT molecular complexity index is 1150. The lowest BCUT2D eigenvalue weighted by atomic mass is 9.91. The molecule has 0 N–H and O–H groups in total. The molecule has 0 atom stereocenters. The van der Waals surface area contributed by atoms with Crippen LogP contribution in [-0.2, 0) is 0 Å². The van der Waals surface area contributed by atoms with E-state index in [4.69, 9.17) is 4.52 Å². The van der Waals surface area contributed by atoms with E-state index in [-0.39, 0.29) is 29.4 Å². The number of hydrogen-bond donors (Lipinski definition) is 0. The van der Waals surface area contributed by atoms with E-state index in [0.717, 1.165) is 30.8 Å². The number of halogens is 2. The molecule has 30 heavy (non-hydrogen) atoms. The highest BCUT2D eigenvalue weighted by atomic mass is 19.1. The molecule has 0 unspecified atom stereocenters. The Morgan fingerprint density at radius 1 is 0.967 bits per heavy atom. The van der Waals surface area contributed by atoms with Crippen LogP contribution in [0.25, 0.3) is 11.0 Å². The van der Waals surface area contributed by atoms with Crippen molar-refractivity contribution in [2.24, 2.45) is 0 Å². The van der Waals surface area contributed by atoms with Gasteiger partial charge in [-0.25, -0.2) is 8.78 Å². The van der Waals surface area contributed by atoms with E-state index in [0.29, 0.717) is 23.2 Å². The van der Waals surface area contributed by atoms with Gasteiger partial charge in [0.05, 0.1) is 22.2 Å². The van der Waals surface area contributed by atoms with Gasteiger partial charge >= 0.3 is 0 Å². The van der Waals surface area contributed by atoms with E-state index in [1.807, 2.05) is 0 Å². The number of carbonyl (C=O) groups is 2. The van der Waals surface area contributed by atoms with Gasteiger partial charge in [-0.15, -0.1) is 0 Å². The Morgan fingerprint density at radius 3 is 2.47 bits per heavy atom. The van der Waals surface area contributed by atoms with Gasteiger partial charge in [-0.2, -0.15) is 0 Å². The van der Waals surface area contributed by atoms with Crippen LogP contribution in [0, 0.1) is 11.6 Å². The number of likely N-dealkylation sites (tertiary alicyclic amines) is 1. The third kappa shape index (κ3) is 2.99. The summed E-state index contributed by atoms with van der Waals surface area (Å²) in [4.78, 5) is 28.2. The van der Waals surface area contributed by atoms with Crippen LogP contribution in [0.1, 0.15) is 45.2 Å². The van der Waals surface area contributed by atoms with Gasteiger partial charge in [0.25, 0.3) is 11.8 Å². The molecule has 2 aliphatic rings. The number of benzene rings is 2. The molecular formula is C22H19F2N3O3. The van der Waals surface area contributed by atoms with Crippen LogP contribution in [0.3, 0.4) is 0 Å².